The summed E-state index contributed by atoms with van der Waals surface area (Å²) >= 11 is 0. The third-order valence-electron chi connectivity index (χ3n) is 3.45. The summed E-state index contributed by atoms with van der Waals surface area (Å²) in [4.78, 5) is 21.6. The predicted octanol–water partition coefficient (Wildman–Crippen LogP) is 1.11. The summed E-state index contributed by atoms with van der Waals surface area (Å²) < 4.78 is 5.31. The third kappa shape index (κ3) is 4.42. The fourth-order valence-electron chi connectivity index (χ4n) is 1.95. The number of aliphatic hydroxyl groups excluding tert-OH is 1. The molecule has 1 aromatic rings. The van der Waals surface area contributed by atoms with Crippen molar-refractivity contribution in [3.05, 3.63) is 34.4 Å². The average Bonchev–Trinajstić information content (AvgIpc) is 3.20. The van der Waals surface area contributed by atoms with Gasteiger partial charge in [0.05, 0.1) is 4.92 Å². The van der Waals surface area contributed by atoms with Crippen LogP contribution >= 0.6 is 0 Å². The Labute approximate surface area is 122 Å². The molecule has 1 aliphatic rings. The lowest BCUT2D eigenvalue weighted by Crippen LogP contribution is -2.36. The van der Waals surface area contributed by atoms with E-state index in [1.807, 2.05) is 6.92 Å². The largest absolute Gasteiger partial charge is 0.491 e. The summed E-state index contributed by atoms with van der Waals surface area (Å²) in [5, 5.41) is 22.9. The maximum atomic E-state index is 11.6. The van der Waals surface area contributed by atoms with E-state index in [0.29, 0.717) is 11.7 Å². The molecule has 7 heteroatoms. The van der Waals surface area contributed by atoms with Crippen molar-refractivity contribution >= 4 is 11.6 Å². The van der Waals surface area contributed by atoms with Crippen LogP contribution in [0.1, 0.15) is 13.3 Å². The molecule has 1 aromatic carbocycles. The monoisotopic (exact) mass is 294 g/mol. The number of hydrogen-bond acceptors (Lipinski definition) is 5. The van der Waals surface area contributed by atoms with Gasteiger partial charge >= 0.3 is 0 Å². The average molecular weight is 294 g/mol. The maximum absolute atomic E-state index is 11.6. The molecule has 2 N–H and O–H groups in total. The highest BCUT2D eigenvalue weighted by Gasteiger charge is 2.38. The third-order valence-corrected chi connectivity index (χ3v) is 3.45. The van der Waals surface area contributed by atoms with Crippen molar-refractivity contribution in [2.45, 2.75) is 19.4 Å². The summed E-state index contributed by atoms with van der Waals surface area (Å²) in [5.74, 6) is 0.907. The first-order valence-corrected chi connectivity index (χ1v) is 6.80. The van der Waals surface area contributed by atoms with E-state index in [9.17, 15) is 20.0 Å². The molecule has 0 bridgehead atoms. The van der Waals surface area contributed by atoms with Crippen molar-refractivity contribution in [3.8, 4) is 5.75 Å². The van der Waals surface area contributed by atoms with Gasteiger partial charge in [-0.05, 0) is 24.5 Å². The molecule has 0 radical (unpaired) electrons. The number of nitrogens with one attached hydrogen (secondary N) is 1. The van der Waals surface area contributed by atoms with Crippen LogP contribution in [0.4, 0.5) is 5.69 Å². The molecule has 1 aliphatic carbocycles. The van der Waals surface area contributed by atoms with E-state index in [1.54, 1.807) is 0 Å². The molecular formula is C14H18N2O5. The normalized spacial score (nSPS) is 21.4. The second-order valence-corrected chi connectivity index (χ2v) is 5.28. The van der Waals surface area contributed by atoms with Crippen LogP contribution < -0.4 is 10.1 Å². The number of carbonyl (C=O) groups excluding carboxylic acids is 1. The standard InChI is InChI=1S/C14H18N2O5/c1-9-6-13(9)14(18)15-7-11(17)8-21-12-4-2-10(3-5-12)16(19)20/h2-5,9,11,13,17H,6-8H2,1H3,(H,15,18)/t9-,11-,13-/m1/s1. The summed E-state index contributed by atoms with van der Waals surface area (Å²) in [6.45, 7) is 2.16. The first kappa shape index (κ1) is 15.2. The number of amides is 1. The molecule has 0 aromatic heterocycles. The van der Waals surface area contributed by atoms with Crippen LogP contribution in [0, 0.1) is 22.0 Å². The van der Waals surface area contributed by atoms with Gasteiger partial charge in [0.2, 0.25) is 5.91 Å². The molecule has 114 valence electrons. The number of nitro benzene ring substituents is 1. The van der Waals surface area contributed by atoms with Crippen LogP contribution in [0.2, 0.25) is 0 Å². The topological polar surface area (TPSA) is 102 Å². The van der Waals surface area contributed by atoms with Gasteiger partial charge in [0.15, 0.2) is 0 Å². The Hall–Kier alpha value is -2.15. The van der Waals surface area contributed by atoms with Crippen molar-refractivity contribution in [1.82, 2.24) is 5.32 Å². The number of nitro groups is 1. The van der Waals surface area contributed by atoms with E-state index in [4.69, 9.17) is 4.74 Å². The van der Waals surface area contributed by atoms with Crippen molar-refractivity contribution in [2.75, 3.05) is 13.2 Å². The predicted molar refractivity (Wildman–Crippen MR) is 74.9 cm³/mol. The van der Waals surface area contributed by atoms with Gasteiger partial charge in [-0.1, -0.05) is 6.92 Å². The molecule has 21 heavy (non-hydrogen) atoms. The highest BCUT2D eigenvalue weighted by Crippen LogP contribution is 2.37. The molecule has 1 saturated carbocycles. The van der Waals surface area contributed by atoms with Gasteiger partial charge in [0.25, 0.3) is 5.69 Å². The number of benzene rings is 1. The number of rotatable bonds is 7. The first-order chi connectivity index (χ1) is 9.97. The van der Waals surface area contributed by atoms with Gasteiger partial charge in [-0.2, -0.15) is 0 Å². The lowest BCUT2D eigenvalue weighted by molar-refractivity contribution is -0.384. The Balaban J connectivity index is 1.69. The Kier molecular flexibility index (Phi) is 4.74. The number of carbonyl (C=O) groups is 1. The number of ether oxygens (including phenoxy) is 1. The summed E-state index contributed by atoms with van der Waals surface area (Å²) in [5.41, 5.74) is -0.0197. The van der Waals surface area contributed by atoms with E-state index >= 15 is 0 Å². The smallest absolute Gasteiger partial charge is 0.269 e. The molecule has 7 nitrogen and oxygen atoms in total. The van der Waals surface area contributed by atoms with Crippen molar-refractivity contribution in [3.63, 3.8) is 0 Å². The van der Waals surface area contributed by atoms with Crippen molar-refractivity contribution in [1.29, 1.82) is 0 Å². The van der Waals surface area contributed by atoms with E-state index in [0.717, 1.165) is 6.42 Å². The van der Waals surface area contributed by atoms with Crippen LogP contribution in [0.5, 0.6) is 5.75 Å². The Morgan fingerprint density at radius 2 is 2.14 bits per heavy atom. The maximum Gasteiger partial charge on any atom is 0.269 e. The number of non-ortho nitro benzene ring substituents is 1. The molecule has 1 fully saturated rings. The van der Waals surface area contributed by atoms with Crippen LogP contribution in [0.3, 0.4) is 0 Å². The fourth-order valence-corrected chi connectivity index (χ4v) is 1.95. The Morgan fingerprint density at radius 3 is 2.67 bits per heavy atom. The lowest BCUT2D eigenvalue weighted by atomic mass is 10.3. The van der Waals surface area contributed by atoms with E-state index in [-0.39, 0.29) is 30.7 Å². The zero-order valence-corrected chi connectivity index (χ0v) is 11.7. The second-order valence-electron chi connectivity index (χ2n) is 5.28. The molecule has 0 aliphatic heterocycles. The fraction of sp³-hybridized carbons (Fsp3) is 0.500. The minimum Gasteiger partial charge on any atom is -0.491 e. The van der Waals surface area contributed by atoms with Gasteiger partial charge < -0.3 is 15.2 Å². The van der Waals surface area contributed by atoms with Crippen LogP contribution in [-0.2, 0) is 4.79 Å². The van der Waals surface area contributed by atoms with Gasteiger partial charge in [0.1, 0.15) is 18.5 Å². The van der Waals surface area contributed by atoms with Crippen molar-refractivity contribution < 1.29 is 19.6 Å². The molecule has 0 saturated heterocycles. The number of nitrogens with zero attached hydrogens (tertiary/aromatic N) is 1. The van der Waals surface area contributed by atoms with Gasteiger partial charge in [0, 0.05) is 24.6 Å². The van der Waals surface area contributed by atoms with E-state index in [2.05, 4.69) is 5.32 Å². The zero-order chi connectivity index (χ0) is 15.4. The summed E-state index contributed by atoms with van der Waals surface area (Å²) in [6, 6.07) is 5.60. The van der Waals surface area contributed by atoms with Gasteiger partial charge in [-0.25, -0.2) is 0 Å². The van der Waals surface area contributed by atoms with Crippen LogP contribution in [-0.4, -0.2) is 35.2 Å². The quantitative estimate of drug-likeness (QED) is 0.579. The highest BCUT2D eigenvalue weighted by molar-refractivity contribution is 5.81. The minimum absolute atomic E-state index is 0.0122. The number of aliphatic hydroxyl groups is 1. The van der Waals surface area contributed by atoms with Crippen molar-refractivity contribution in [2.24, 2.45) is 11.8 Å². The van der Waals surface area contributed by atoms with Gasteiger partial charge in [-0.3, -0.25) is 14.9 Å². The molecule has 2 rings (SSSR count). The molecule has 0 spiro atoms. The molecule has 0 unspecified atom stereocenters. The van der Waals surface area contributed by atoms with E-state index in [1.165, 1.54) is 24.3 Å². The molecular weight excluding hydrogens is 276 g/mol. The van der Waals surface area contributed by atoms with Gasteiger partial charge in [-0.15, -0.1) is 0 Å². The minimum atomic E-state index is -0.821. The number of hydrogen-bond donors (Lipinski definition) is 2. The summed E-state index contributed by atoms with van der Waals surface area (Å²) in [7, 11) is 0. The zero-order valence-electron chi connectivity index (χ0n) is 11.7. The molecule has 3 atom stereocenters. The van der Waals surface area contributed by atoms with Crippen LogP contribution in [0.15, 0.2) is 24.3 Å². The second kappa shape index (κ2) is 6.53. The molecule has 0 heterocycles. The Bertz CT molecular complexity index is 517. The van der Waals surface area contributed by atoms with Crippen LogP contribution in [0.25, 0.3) is 0 Å². The SMILES string of the molecule is C[C@@H]1C[C@H]1C(=O)NC[C@@H](O)COc1ccc([N+](=O)[O-])cc1. The lowest BCUT2D eigenvalue weighted by Gasteiger charge is -2.13. The highest BCUT2D eigenvalue weighted by atomic mass is 16.6. The Morgan fingerprint density at radius 1 is 1.52 bits per heavy atom. The molecule has 1 amide bonds. The first-order valence-electron chi connectivity index (χ1n) is 6.80. The van der Waals surface area contributed by atoms with E-state index < -0.39 is 11.0 Å². The summed E-state index contributed by atoms with van der Waals surface area (Å²) in [6.07, 6.45) is 0.0829.